The normalized spacial score (nSPS) is 10.8. The van der Waals surface area contributed by atoms with E-state index in [-0.39, 0.29) is 5.78 Å². The lowest BCUT2D eigenvalue weighted by atomic mass is 9.94. The zero-order chi connectivity index (χ0) is 14.2. The molecule has 3 heteroatoms. The van der Waals surface area contributed by atoms with Crippen molar-refractivity contribution in [1.29, 1.82) is 0 Å². The van der Waals surface area contributed by atoms with Crippen LogP contribution < -0.4 is 0 Å². The van der Waals surface area contributed by atoms with Gasteiger partial charge in [0.25, 0.3) is 0 Å². The molecular formula is C16H20N2O. The van der Waals surface area contributed by atoms with Crippen molar-refractivity contribution >= 4 is 5.78 Å². The molecule has 0 aliphatic carbocycles. The molecule has 0 atom stereocenters. The highest BCUT2D eigenvalue weighted by Gasteiger charge is 2.15. The fraction of sp³-hybridized carbons (Fsp3) is 0.375. The van der Waals surface area contributed by atoms with Gasteiger partial charge in [-0.1, -0.05) is 17.7 Å². The largest absolute Gasteiger partial charge is 0.294 e. The van der Waals surface area contributed by atoms with E-state index >= 15 is 0 Å². The van der Waals surface area contributed by atoms with Gasteiger partial charge in [0.05, 0.1) is 12.1 Å². The number of carbonyl (C=O) groups excluding carboxylic acids is 1. The van der Waals surface area contributed by atoms with Crippen molar-refractivity contribution in [2.75, 3.05) is 0 Å². The predicted molar refractivity (Wildman–Crippen MR) is 76.6 cm³/mol. The van der Waals surface area contributed by atoms with Gasteiger partial charge in [-0.15, -0.1) is 0 Å². The van der Waals surface area contributed by atoms with Crippen LogP contribution in [0.2, 0.25) is 0 Å². The monoisotopic (exact) mass is 256 g/mol. The summed E-state index contributed by atoms with van der Waals surface area (Å²) in [6.45, 7) is 8.00. The highest BCUT2D eigenvalue weighted by molar-refractivity contribution is 6.00. The van der Waals surface area contributed by atoms with Crippen LogP contribution in [0, 0.1) is 27.7 Å². The molecule has 100 valence electrons. The summed E-state index contributed by atoms with van der Waals surface area (Å²) < 4.78 is 1.78. The van der Waals surface area contributed by atoms with Gasteiger partial charge in [0.15, 0.2) is 5.78 Å². The summed E-state index contributed by atoms with van der Waals surface area (Å²) >= 11 is 0. The molecule has 2 aromatic rings. The van der Waals surface area contributed by atoms with E-state index in [4.69, 9.17) is 0 Å². The first-order chi connectivity index (χ1) is 8.88. The molecule has 0 fully saturated rings. The van der Waals surface area contributed by atoms with Crippen molar-refractivity contribution in [3.05, 3.63) is 51.8 Å². The smallest absolute Gasteiger partial charge is 0.169 e. The summed E-state index contributed by atoms with van der Waals surface area (Å²) in [5.74, 6) is 0.165. The van der Waals surface area contributed by atoms with Crippen molar-refractivity contribution < 1.29 is 4.79 Å². The van der Waals surface area contributed by atoms with Gasteiger partial charge < -0.3 is 0 Å². The molecule has 1 aromatic carbocycles. The topological polar surface area (TPSA) is 34.9 Å². The average Bonchev–Trinajstić information content (AvgIpc) is 2.55. The number of Topliss-reactive ketones (excluding diaryl/α,β-unsaturated/α-hetero) is 1. The minimum atomic E-state index is 0.165. The number of aromatic nitrogens is 2. The molecule has 0 bridgehead atoms. The van der Waals surface area contributed by atoms with Crippen LogP contribution >= 0.6 is 0 Å². The Kier molecular flexibility index (Phi) is 3.56. The Labute approximate surface area is 114 Å². The lowest BCUT2D eigenvalue weighted by molar-refractivity contribution is 0.0989. The first kappa shape index (κ1) is 13.5. The summed E-state index contributed by atoms with van der Waals surface area (Å²) in [6, 6.07) is 6.10. The standard InChI is InChI=1S/C16H20N2O/c1-10-6-11(2)16(12(3)7-10)15(19)9-14-8-13(4)17-18(14)5/h6-8H,9H2,1-5H3. The molecule has 3 nitrogen and oxygen atoms in total. The molecule has 0 amide bonds. The fourth-order valence-electron chi connectivity index (χ4n) is 2.70. The van der Waals surface area contributed by atoms with Crippen LogP contribution in [0.4, 0.5) is 0 Å². The Morgan fingerprint density at radius 1 is 1.11 bits per heavy atom. The van der Waals surface area contributed by atoms with Crippen LogP contribution in [-0.4, -0.2) is 15.6 Å². The zero-order valence-electron chi connectivity index (χ0n) is 12.2. The molecule has 0 radical (unpaired) electrons. The third-order valence-corrected chi connectivity index (χ3v) is 3.40. The number of nitrogens with zero attached hydrogens (tertiary/aromatic N) is 2. The van der Waals surface area contributed by atoms with Gasteiger partial charge in [-0.3, -0.25) is 9.48 Å². The summed E-state index contributed by atoms with van der Waals surface area (Å²) in [4.78, 5) is 12.5. The van der Waals surface area contributed by atoms with Crippen molar-refractivity contribution in [2.24, 2.45) is 7.05 Å². The van der Waals surface area contributed by atoms with Crippen molar-refractivity contribution in [1.82, 2.24) is 9.78 Å². The second-order valence-electron chi connectivity index (χ2n) is 5.27. The predicted octanol–water partition coefficient (Wildman–Crippen LogP) is 3.08. The van der Waals surface area contributed by atoms with Gasteiger partial charge in [-0.2, -0.15) is 5.10 Å². The summed E-state index contributed by atoms with van der Waals surface area (Å²) in [6.07, 6.45) is 0.405. The third kappa shape index (κ3) is 2.75. The van der Waals surface area contributed by atoms with Crippen LogP contribution in [0.3, 0.4) is 0 Å². The molecule has 2 rings (SSSR count). The molecule has 0 aliphatic heterocycles. The van der Waals surface area contributed by atoms with E-state index in [0.717, 1.165) is 28.1 Å². The lowest BCUT2D eigenvalue weighted by Gasteiger charge is -2.10. The van der Waals surface area contributed by atoms with Gasteiger partial charge >= 0.3 is 0 Å². The summed E-state index contributed by atoms with van der Waals surface area (Å²) in [5, 5.41) is 4.28. The molecule has 19 heavy (non-hydrogen) atoms. The number of benzene rings is 1. The average molecular weight is 256 g/mol. The van der Waals surface area contributed by atoms with E-state index in [2.05, 4.69) is 24.2 Å². The SMILES string of the molecule is Cc1cc(C)c(C(=O)Cc2cc(C)nn2C)c(C)c1. The van der Waals surface area contributed by atoms with Crippen molar-refractivity contribution in [3.63, 3.8) is 0 Å². The van der Waals surface area contributed by atoms with Crippen LogP contribution in [0.25, 0.3) is 0 Å². The molecule has 0 saturated heterocycles. The van der Waals surface area contributed by atoms with E-state index in [1.54, 1.807) is 4.68 Å². The Morgan fingerprint density at radius 3 is 2.16 bits per heavy atom. The minimum Gasteiger partial charge on any atom is -0.294 e. The Bertz CT molecular complexity index is 615. The minimum absolute atomic E-state index is 0.165. The van der Waals surface area contributed by atoms with Crippen LogP contribution in [0.15, 0.2) is 18.2 Å². The number of rotatable bonds is 3. The number of hydrogen-bond donors (Lipinski definition) is 0. The highest BCUT2D eigenvalue weighted by Crippen LogP contribution is 2.19. The second kappa shape index (κ2) is 5.00. The second-order valence-corrected chi connectivity index (χ2v) is 5.27. The highest BCUT2D eigenvalue weighted by atomic mass is 16.1. The van der Waals surface area contributed by atoms with E-state index in [1.165, 1.54) is 5.56 Å². The first-order valence-electron chi connectivity index (χ1n) is 6.49. The van der Waals surface area contributed by atoms with Gasteiger partial charge in [0, 0.05) is 18.3 Å². The molecule has 0 N–H and O–H groups in total. The van der Waals surface area contributed by atoms with Crippen LogP contribution in [-0.2, 0) is 13.5 Å². The maximum absolute atomic E-state index is 12.5. The van der Waals surface area contributed by atoms with E-state index in [0.29, 0.717) is 6.42 Å². The van der Waals surface area contributed by atoms with E-state index in [1.807, 2.05) is 33.9 Å². The third-order valence-electron chi connectivity index (χ3n) is 3.40. The van der Waals surface area contributed by atoms with E-state index in [9.17, 15) is 4.79 Å². The zero-order valence-corrected chi connectivity index (χ0v) is 12.2. The summed E-state index contributed by atoms with van der Waals surface area (Å²) in [7, 11) is 1.88. The van der Waals surface area contributed by atoms with Gasteiger partial charge in [-0.25, -0.2) is 0 Å². The summed E-state index contributed by atoms with van der Waals surface area (Å²) in [5.41, 5.74) is 6.07. The molecule has 0 aliphatic rings. The lowest BCUT2D eigenvalue weighted by Crippen LogP contribution is -2.11. The molecule has 0 unspecified atom stereocenters. The molecule has 0 saturated carbocycles. The van der Waals surface area contributed by atoms with Gasteiger partial charge in [0.1, 0.15) is 0 Å². The number of aryl methyl sites for hydroxylation is 5. The maximum atomic E-state index is 12.5. The quantitative estimate of drug-likeness (QED) is 0.791. The molecule has 1 aromatic heterocycles. The Hall–Kier alpha value is -1.90. The molecule has 1 heterocycles. The van der Waals surface area contributed by atoms with Crippen LogP contribution in [0.5, 0.6) is 0 Å². The van der Waals surface area contributed by atoms with Crippen molar-refractivity contribution in [3.8, 4) is 0 Å². The fourth-order valence-corrected chi connectivity index (χ4v) is 2.70. The number of carbonyl (C=O) groups is 1. The first-order valence-corrected chi connectivity index (χ1v) is 6.49. The van der Waals surface area contributed by atoms with Gasteiger partial charge in [-0.05, 0) is 44.9 Å². The number of hydrogen-bond acceptors (Lipinski definition) is 2. The van der Waals surface area contributed by atoms with Gasteiger partial charge in [0.2, 0.25) is 0 Å². The molecule has 0 spiro atoms. The Morgan fingerprint density at radius 2 is 1.68 bits per heavy atom. The molecular weight excluding hydrogens is 236 g/mol. The maximum Gasteiger partial charge on any atom is 0.169 e. The van der Waals surface area contributed by atoms with Crippen LogP contribution in [0.1, 0.15) is 38.4 Å². The Balaban J connectivity index is 2.33. The van der Waals surface area contributed by atoms with E-state index < -0.39 is 0 Å². The number of ketones is 1. The van der Waals surface area contributed by atoms with Crippen molar-refractivity contribution in [2.45, 2.75) is 34.1 Å².